The van der Waals surface area contributed by atoms with Gasteiger partial charge in [0, 0.05) is 25.2 Å². The van der Waals surface area contributed by atoms with Gasteiger partial charge in [-0.2, -0.15) is 0 Å². The van der Waals surface area contributed by atoms with E-state index < -0.39 is 10.0 Å². The molecule has 0 aliphatic carbocycles. The fourth-order valence-electron chi connectivity index (χ4n) is 2.94. The summed E-state index contributed by atoms with van der Waals surface area (Å²) in [7, 11) is -3.71. The van der Waals surface area contributed by atoms with Crippen molar-refractivity contribution in [3.63, 3.8) is 0 Å². The third-order valence-electron chi connectivity index (χ3n) is 5.06. The Labute approximate surface area is 186 Å². The van der Waals surface area contributed by atoms with E-state index in [1.54, 1.807) is 36.4 Å². The molecule has 2 aromatic carbocycles. The quantitative estimate of drug-likeness (QED) is 0.607. The first kappa shape index (κ1) is 25.0. The van der Waals surface area contributed by atoms with E-state index in [4.69, 9.17) is 5.73 Å². The molecule has 0 atom stereocenters. The number of carbonyl (C=O) groups is 1. The molecule has 0 aliphatic heterocycles. The zero-order valence-electron chi connectivity index (χ0n) is 19.4. The number of carbonyl (C=O) groups excluding carboxylic acids is 1. The molecule has 0 heterocycles. The van der Waals surface area contributed by atoms with E-state index in [-0.39, 0.29) is 28.2 Å². The topological polar surface area (TPSA) is 101 Å². The Morgan fingerprint density at radius 1 is 0.903 bits per heavy atom. The zero-order valence-corrected chi connectivity index (χ0v) is 20.2. The second kappa shape index (κ2) is 9.51. The van der Waals surface area contributed by atoms with Gasteiger partial charge in [0.05, 0.1) is 4.90 Å². The van der Waals surface area contributed by atoms with Crippen LogP contribution in [-0.4, -0.2) is 27.4 Å². The maximum absolute atomic E-state index is 13.1. The van der Waals surface area contributed by atoms with Crippen LogP contribution in [-0.2, 0) is 27.4 Å². The van der Waals surface area contributed by atoms with Crippen molar-refractivity contribution < 1.29 is 13.2 Å². The monoisotopic (exact) mass is 445 g/mol. The molecule has 0 radical (unpaired) electrons. The standard InChI is InChI=1S/C24H35N3O3S/c1-23(2,3)19-13-20(24(4,5)6)15-21(14-19)31(29,30)27-16-17-7-9-18(10-8-17)22(28)26-12-11-25/h7-10,13-15,27H,11-12,16,25H2,1-6H3,(H,26,28). The summed E-state index contributed by atoms with van der Waals surface area (Å²) in [4.78, 5) is 12.2. The molecular weight excluding hydrogens is 410 g/mol. The van der Waals surface area contributed by atoms with Crippen molar-refractivity contribution >= 4 is 15.9 Å². The van der Waals surface area contributed by atoms with Gasteiger partial charge in [-0.3, -0.25) is 4.79 Å². The van der Waals surface area contributed by atoms with Crippen LogP contribution >= 0.6 is 0 Å². The average Bonchev–Trinajstić information content (AvgIpc) is 2.69. The van der Waals surface area contributed by atoms with Gasteiger partial charge in [-0.05, 0) is 51.8 Å². The highest BCUT2D eigenvalue weighted by Gasteiger charge is 2.24. The summed E-state index contributed by atoms with van der Waals surface area (Å²) in [6.07, 6.45) is 0. The van der Waals surface area contributed by atoms with Crippen molar-refractivity contribution in [2.45, 2.75) is 63.8 Å². The number of benzene rings is 2. The number of hydrogen-bond donors (Lipinski definition) is 3. The molecule has 0 fully saturated rings. The van der Waals surface area contributed by atoms with Crippen LogP contribution in [0.3, 0.4) is 0 Å². The third kappa shape index (κ3) is 6.89. The normalized spacial score (nSPS) is 12.6. The van der Waals surface area contributed by atoms with Crippen molar-refractivity contribution in [2.24, 2.45) is 5.73 Å². The minimum absolute atomic E-state index is 0.137. The van der Waals surface area contributed by atoms with Gasteiger partial charge in [0.2, 0.25) is 10.0 Å². The van der Waals surface area contributed by atoms with Gasteiger partial charge in [0.25, 0.3) is 5.91 Å². The molecule has 4 N–H and O–H groups in total. The van der Waals surface area contributed by atoms with Crippen molar-refractivity contribution in [3.05, 3.63) is 64.7 Å². The molecule has 7 heteroatoms. The van der Waals surface area contributed by atoms with Crippen molar-refractivity contribution in [1.29, 1.82) is 0 Å². The Morgan fingerprint density at radius 2 is 1.42 bits per heavy atom. The maximum atomic E-state index is 13.1. The van der Waals surface area contributed by atoms with Crippen LogP contribution in [0.2, 0.25) is 0 Å². The summed E-state index contributed by atoms with van der Waals surface area (Å²) in [6.45, 7) is 13.4. The number of rotatable bonds is 7. The number of amides is 1. The lowest BCUT2D eigenvalue weighted by molar-refractivity contribution is 0.0954. The van der Waals surface area contributed by atoms with Crippen LogP contribution in [0.15, 0.2) is 47.4 Å². The Balaban J connectivity index is 2.23. The molecule has 0 unspecified atom stereocenters. The van der Waals surface area contributed by atoms with E-state index >= 15 is 0 Å². The summed E-state index contributed by atoms with van der Waals surface area (Å²) in [5, 5.41) is 2.71. The predicted octanol–water partition coefficient (Wildman–Crippen LogP) is 3.45. The van der Waals surface area contributed by atoms with Crippen molar-refractivity contribution in [3.8, 4) is 0 Å². The maximum Gasteiger partial charge on any atom is 0.251 e. The van der Waals surface area contributed by atoms with Crippen LogP contribution < -0.4 is 15.8 Å². The second-order valence-electron chi connectivity index (χ2n) is 9.81. The number of nitrogens with one attached hydrogen (secondary N) is 2. The molecule has 0 saturated carbocycles. The smallest absolute Gasteiger partial charge is 0.251 e. The van der Waals surface area contributed by atoms with Gasteiger partial charge in [-0.1, -0.05) is 59.7 Å². The summed E-state index contributed by atoms with van der Waals surface area (Å²) in [5.41, 5.74) is 8.28. The van der Waals surface area contributed by atoms with Crippen LogP contribution in [0.1, 0.15) is 68.6 Å². The van der Waals surface area contributed by atoms with Gasteiger partial charge >= 0.3 is 0 Å². The highest BCUT2D eigenvalue weighted by molar-refractivity contribution is 7.89. The van der Waals surface area contributed by atoms with Gasteiger partial charge in [-0.15, -0.1) is 0 Å². The molecule has 1 amide bonds. The molecular formula is C24H35N3O3S. The van der Waals surface area contributed by atoms with E-state index in [2.05, 4.69) is 57.6 Å². The fraction of sp³-hybridized carbons (Fsp3) is 0.458. The number of hydrogen-bond acceptors (Lipinski definition) is 4. The second-order valence-corrected chi connectivity index (χ2v) is 11.6. The lowest BCUT2D eigenvalue weighted by Crippen LogP contribution is -2.29. The molecule has 2 aromatic rings. The Morgan fingerprint density at radius 3 is 1.87 bits per heavy atom. The van der Waals surface area contributed by atoms with Crippen molar-refractivity contribution in [1.82, 2.24) is 10.0 Å². The first-order valence-corrected chi connectivity index (χ1v) is 12.0. The first-order valence-electron chi connectivity index (χ1n) is 10.5. The third-order valence-corrected chi connectivity index (χ3v) is 6.44. The summed E-state index contributed by atoms with van der Waals surface area (Å²) < 4.78 is 28.8. The lowest BCUT2D eigenvalue weighted by atomic mass is 9.81. The highest BCUT2D eigenvalue weighted by atomic mass is 32.2. The first-order chi connectivity index (χ1) is 14.2. The summed E-state index contributed by atoms with van der Waals surface area (Å²) in [5.74, 6) is -0.203. The average molecular weight is 446 g/mol. The van der Waals surface area contributed by atoms with Gasteiger partial charge in [0.15, 0.2) is 0 Å². The number of sulfonamides is 1. The number of nitrogens with two attached hydrogens (primary N) is 1. The summed E-state index contributed by atoms with van der Waals surface area (Å²) in [6, 6.07) is 12.4. The highest BCUT2D eigenvalue weighted by Crippen LogP contribution is 2.31. The fourth-order valence-corrected chi connectivity index (χ4v) is 4.03. The molecule has 0 spiro atoms. The van der Waals surface area contributed by atoms with Crippen LogP contribution in [0.25, 0.3) is 0 Å². The molecule has 6 nitrogen and oxygen atoms in total. The van der Waals surface area contributed by atoms with E-state index in [0.29, 0.717) is 18.7 Å². The van der Waals surface area contributed by atoms with Crippen LogP contribution in [0.4, 0.5) is 0 Å². The minimum atomic E-state index is -3.71. The summed E-state index contributed by atoms with van der Waals surface area (Å²) >= 11 is 0. The Kier molecular flexibility index (Phi) is 7.68. The SMILES string of the molecule is CC(C)(C)c1cc(C(C)(C)C)cc(S(=O)(=O)NCc2ccc(C(=O)NCCN)cc2)c1. The Bertz CT molecular complexity index is 983. The van der Waals surface area contributed by atoms with Crippen LogP contribution in [0, 0.1) is 0 Å². The Hall–Kier alpha value is -2.22. The van der Waals surface area contributed by atoms with E-state index in [1.165, 1.54) is 0 Å². The van der Waals surface area contributed by atoms with Gasteiger partial charge in [0.1, 0.15) is 0 Å². The molecule has 2 rings (SSSR count). The molecule has 31 heavy (non-hydrogen) atoms. The van der Waals surface area contributed by atoms with E-state index in [0.717, 1.165) is 16.7 Å². The molecule has 0 aliphatic rings. The molecule has 0 bridgehead atoms. The minimum Gasteiger partial charge on any atom is -0.351 e. The lowest BCUT2D eigenvalue weighted by Gasteiger charge is -2.26. The zero-order chi connectivity index (χ0) is 23.4. The van der Waals surface area contributed by atoms with Crippen molar-refractivity contribution in [2.75, 3.05) is 13.1 Å². The van der Waals surface area contributed by atoms with Crippen LogP contribution in [0.5, 0.6) is 0 Å². The molecule has 0 saturated heterocycles. The van der Waals surface area contributed by atoms with E-state index in [9.17, 15) is 13.2 Å². The molecule has 170 valence electrons. The van der Waals surface area contributed by atoms with E-state index in [1.807, 2.05) is 0 Å². The molecule has 0 aromatic heterocycles. The van der Waals surface area contributed by atoms with Gasteiger partial charge < -0.3 is 11.1 Å². The van der Waals surface area contributed by atoms with Gasteiger partial charge in [-0.25, -0.2) is 13.1 Å². The largest absolute Gasteiger partial charge is 0.351 e. The predicted molar refractivity (Wildman–Crippen MR) is 126 cm³/mol.